The molecule has 2 bridgehead atoms. The minimum Gasteiger partial charge on any atom is -0.316 e. The Kier molecular flexibility index (Phi) is 4.22. The second-order valence-electron chi connectivity index (χ2n) is 6.69. The van der Waals surface area contributed by atoms with Crippen molar-refractivity contribution in [3.63, 3.8) is 0 Å². The normalized spacial score (nSPS) is 41.8. The van der Waals surface area contributed by atoms with Crippen LogP contribution in [0.1, 0.15) is 44.9 Å². The summed E-state index contributed by atoms with van der Waals surface area (Å²) in [5.41, 5.74) is 0. The summed E-state index contributed by atoms with van der Waals surface area (Å²) in [5, 5.41) is 7.40. The van der Waals surface area contributed by atoms with Gasteiger partial charge < -0.3 is 15.5 Å². The summed E-state index contributed by atoms with van der Waals surface area (Å²) in [6.45, 7) is 3.70. The van der Waals surface area contributed by atoms with Crippen LogP contribution >= 0.6 is 0 Å². The molecule has 0 spiro atoms. The third kappa shape index (κ3) is 2.89. The van der Waals surface area contributed by atoms with Crippen LogP contribution < -0.4 is 10.6 Å². The first-order valence-corrected chi connectivity index (χ1v) is 7.99. The molecule has 3 heteroatoms. The van der Waals surface area contributed by atoms with E-state index in [0.717, 1.165) is 24.0 Å². The maximum Gasteiger partial charge on any atom is 0.0110 e. The first kappa shape index (κ1) is 12.9. The zero-order chi connectivity index (χ0) is 12.4. The van der Waals surface area contributed by atoms with Gasteiger partial charge in [-0.05, 0) is 71.1 Å². The summed E-state index contributed by atoms with van der Waals surface area (Å²) in [4.78, 5) is 2.66. The Bertz CT molecular complexity index is 248. The molecule has 3 nitrogen and oxygen atoms in total. The van der Waals surface area contributed by atoms with Gasteiger partial charge in [-0.3, -0.25) is 0 Å². The van der Waals surface area contributed by atoms with Crippen LogP contribution in [0.3, 0.4) is 0 Å². The van der Waals surface area contributed by atoms with Gasteiger partial charge in [-0.25, -0.2) is 0 Å². The van der Waals surface area contributed by atoms with Crippen molar-refractivity contribution < 1.29 is 0 Å². The Labute approximate surface area is 112 Å². The van der Waals surface area contributed by atoms with Crippen LogP contribution in [-0.4, -0.2) is 49.7 Å². The van der Waals surface area contributed by atoms with E-state index in [1.807, 2.05) is 0 Å². The molecule has 3 aliphatic rings. The third-order valence-electron chi connectivity index (χ3n) is 5.43. The van der Waals surface area contributed by atoms with Crippen molar-refractivity contribution >= 4 is 0 Å². The zero-order valence-corrected chi connectivity index (χ0v) is 11.8. The highest BCUT2D eigenvalue weighted by Crippen LogP contribution is 2.32. The van der Waals surface area contributed by atoms with Crippen molar-refractivity contribution in [2.45, 2.75) is 63.1 Å². The fraction of sp³-hybridized carbons (Fsp3) is 1.00. The van der Waals surface area contributed by atoms with E-state index in [-0.39, 0.29) is 0 Å². The molecule has 0 aromatic heterocycles. The molecule has 3 heterocycles. The average Bonchev–Trinajstić information content (AvgIpc) is 2.38. The van der Waals surface area contributed by atoms with E-state index in [2.05, 4.69) is 22.6 Å². The Balaban J connectivity index is 1.46. The standard InChI is InChI=1S/C15H29N3/c1-18-14-5-2-6-15(18)9-13(8-14)17-11-12-4-3-7-16-10-12/h12-17H,2-11H2,1H3. The van der Waals surface area contributed by atoms with Crippen molar-refractivity contribution in [1.29, 1.82) is 0 Å². The highest BCUT2D eigenvalue weighted by Gasteiger charge is 2.35. The predicted octanol–water partition coefficient (Wildman–Crippen LogP) is 1.59. The maximum absolute atomic E-state index is 3.87. The topological polar surface area (TPSA) is 27.3 Å². The Hall–Kier alpha value is -0.120. The number of piperidine rings is 3. The van der Waals surface area contributed by atoms with Gasteiger partial charge in [-0.1, -0.05) is 6.42 Å². The van der Waals surface area contributed by atoms with E-state index >= 15 is 0 Å². The van der Waals surface area contributed by atoms with Crippen molar-refractivity contribution in [3.8, 4) is 0 Å². The highest BCUT2D eigenvalue weighted by atomic mass is 15.2. The van der Waals surface area contributed by atoms with Crippen molar-refractivity contribution in [2.24, 2.45) is 5.92 Å². The lowest BCUT2D eigenvalue weighted by atomic mass is 9.82. The second kappa shape index (κ2) is 5.89. The molecule has 3 rings (SSSR count). The molecule has 0 radical (unpaired) electrons. The van der Waals surface area contributed by atoms with E-state index in [4.69, 9.17) is 0 Å². The average molecular weight is 251 g/mol. The summed E-state index contributed by atoms with van der Waals surface area (Å²) in [5.74, 6) is 0.873. The number of nitrogens with one attached hydrogen (secondary N) is 2. The van der Waals surface area contributed by atoms with Crippen LogP contribution in [0.5, 0.6) is 0 Å². The summed E-state index contributed by atoms with van der Waals surface area (Å²) < 4.78 is 0. The molecule has 0 amide bonds. The monoisotopic (exact) mass is 251 g/mol. The van der Waals surface area contributed by atoms with Gasteiger partial charge >= 0.3 is 0 Å². The molecule has 104 valence electrons. The van der Waals surface area contributed by atoms with Crippen LogP contribution in [0.25, 0.3) is 0 Å². The van der Waals surface area contributed by atoms with E-state index < -0.39 is 0 Å². The summed E-state index contributed by atoms with van der Waals surface area (Å²) in [7, 11) is 2.34. The molecule has 2 N–H and O–H groups in total. The zero-order valence-electron chi connectivity index (χ0n) is 11.8. The molecule has 0 aliphatic carbocycles. The quantitative estimate of drug-likeness (QED) is 0.798. The van der Waals surface area contributed by atoms with Crippen LogP contribution in [0.4, 0.5) is 0 Å². The van der Waals surface area contributed by atoms with Gasteiger partial charge in [-0.2, -0.15) is 0 Å². The summed E-state index contributed by atoms with van der Waals surface area (Å²) >= 11 is 0. The summed E-state index contributed by atoms with van der Waals surface area (Å²) in [6.07, 6.45) is 9.86. The van der Waals surface area contributed by atoms with Gasteiger partial charge in [0.15, 0.2) is 0 Å². The van der Waals surface area contributed by atoms with Crippen molar-refractivity contribution in [1.82, 2.24) is 15.5 Å². The first-order chi connectivity index (χ1) is 8.83. The van der Waals surface area contributed by atoms with Crippen LogP contribution in [-0.2, 0) is 0 Å². The van der Waals surface area contributed by atoms with Crippen LogP contribution in [0.2, 0.25) is 0 Å². The van der Waals surface area contributed by atoms with Gasteiger partial charge in [-0.15, -0.1) is 0 Å². The summed E-state index contributed by atoms with van der Waals surface area (Å²) in [6, 6.07) is 2.51. The molecule has 18 heavy (non-hydrogen) atoms. The molecule has 3 saturated heterocycles. The molecule has 0 aromatic carbocycles. The molecule has 3 aliphatic heterocycles. The van der Waals surface area contributed by atoms with Crippen LogP contribution in [0.15, 0.2) is 0 Å². The molecule has 3 fully saturated rings. The number of hydrogen-bond donors (Lipinski definition) is 2. The third-order valence-corrected chi connectivity index (χ3v) is 5.43. The molecular formula is C15H29N3. The lowest BCUT2D eigenvalue weighted by Crippen LogP contribution is -2.55. The number of rotatable bonds is 3. The van der Waals surface area contributed by atoms with Crippen LogP contribution in [0, 0.1) is 5.92 Å². The number of hydrogen-bond acceptors (Lipinski definition) is 3. The SMILES string of the molecule is CN1C2CCCC1CC(NCC1CCCNC1)C2. The number of nitrogens with zero attached hydrogens (tertiary/aromatic N) is 1. The smallest absolute Gasteiger partial charge is 0.0110 e. The van der Waals surface area contributed by atoms with E-state index in [9.17, 15) is 0 Å². The first-order valence-electron chi connectivity index (χ1n) is 7.99. The van der Waals surface area contributed by atoms with Gasteiger partial charge in [0, 0.05) is 18.1 Å². The molecule has 0 aromatic rings. The van der Waals surface area contributed by atoms with Crippen molar-refractivity contribution in [3.05, 3.63) is 0 Å². The molecule has 3 unspecified atom stereocenters. The van der Waals surface area contributed by atoms with Gasteiger partial charge in [0.2, 0.25) is 0 Å². The van der Waals surface area contributed by atoms with Gasteiger partial charge in [0.05, 0.1) is 0 Å². The Morgan fingerprint density at radius 3 is 2.56 bits per heavy atom. The van der Waals surface area contributed by atoms with Gasteiger partial charge in [0.25, 0.3) is 0 Å². The fourth-order valence-electron chi connectivity index (χ4n) is 4.21. The van der Waals surface area contributed by atoms with Crippen molar-refractivity contribution in [2.75, 3.05) is 26.7 Å². The fourth-order valence-corrected chi connectivity index (χ4v) is 4.21. The predicted molar refractivity (Wildman–Crippen MR) is 75.8 cm³/mol. The Morgan fingerprint density at radius 1 is 1.11 bits per heavy atom. The molecule has 0 saturated carbocycles. The minimum absolute atomic E-state index is 0.790. The molecular weight excluding hydrogens is 222 g/mol. The Morgan fingerprint density at radius 2 is 1.89 bits per heavy atom. The number of fused-ring (bicyclic) bond motifs is 2. The van der Waals surface area contributed by atoms with E-state index in [1.54, 1.807) is 0 Å². The molecule has 3 atom stereocenters. The second-order valence-corrected chi connectivity index (χ2v) is 6.69. The highest BCUT2D eigenvalue weighted by molar-refractivity contribution is 4.93. The lowest BCUT2D eigenvalue weighted by Gasteiger charge is -2.47. The minimum atomic E-state index is 0.790. The van der Waals surface area contributed by atoms with E-state index in [1.165, 1.54) is 64.6 Å². The van der Waals surface area contributed by atoms with Gasteiger partial charge in [0.1, 0.15) is 0 Å². The largest absolute Gasteiger partial charge is 0.316 e. The van der Waals surface area contributed by atoms with E-state index in [0.29, 0.717) is 0 Å². The lowest BCUT2D eigenvalue weighted by molar-refractivity contribution is 0.0474. The maximum atomic E-state index is 3.87.